The summed E-state index contributed by atoms with van der Waals surface area (Å²) in [4.78, 5) is 6.71. The van der Waals surface area contributed by atoms with E-state index in [4.69, 9.17) is 5.11 Å². The summed E-state index contributed by atoms with van der Waals surface area (Å²) in [6, 6.07) is 3.30. The number of aromatic amines is 1. The number of alkyl halides is 3. The molecule has 1 atom stereocenters. The number of aliphatic hydroxyl groups excluding tert-OH is 1. The number of pyridine rings is 1. The molecule has 86 valence electrons. The summed E-state index contributed by atoms with van der Waals surface area (Å²) in [5.74, 6) is 0. The molecule has 2 N–H and O–H groups in total. The molecule has 0 aromatic carbocycles. The number of aromatic nitrogens is 2. The van der Waals surface area contributed by atoms with Gasteiger partial charge < -0.3 is 10.1 Å². The van der Waals surface area contributed by atoms with Gasteiger partial charge in [-0.2, -0.15) is 13.2 Å². The molecule has 0 spiro atoms. The maximum atomic E-state index is 12.2. The Balaban J connectivity index is 2.28. The van der Waals surface area contributed by atoms with Crippen molar-refractivity contribution in [2.24, 2.45) is 0 Å². The minimum absolute atomic E-state index is 0.410. The third-order valence-corrected chi connectivity index (χ3v) is 2.33. The van der Waals surface area contributed by atoms with Gasteiger partial charge in [-0.1, -0.05) is 0 Å². The first-order valence-corrected chi connectivity index (χ1v) is 4.64. The molecule has 0 aliphatic rings. The molecular formula is C10H9F3N2O. The quantitative estimate of drug-likeness (QED) is 0.829. The number of H-pyrrole nitrogens is 1. The van der Waals surface area contributed by atoms with E-state index in [1.54, 1.807) is 18.3 Å². The normalized spacial score (nSPS) is 14.2. The molecule has 0 amide bonds. The number of nitrogens with zero attached hydrogens (tertiary/aromatic N) is 1. The Bertz CT molecular complexity index is 492. The van der Waals surface area contributed by atoms with Crippen LogP contribution in [0.4, 0.5) is 13.2 Å². The second-order valence-corrected chi connectivity index (χ2v) is 3.48. The summed E-state index contributed by atoms with van der Waals surface area (Å²) in [6.07, 6.45) is -4.41. The lowest BCUT2D eigenvalue weighted by Gasteiger charge is -2.13. The van der Waals surface area contributed by atoms with Crippen LogP contribution in [0.3, 0.4) is 0 Å². The first-order valence-electron chi connectivity index (χ1n) is 4.64. The fraction of sp³-hybridized carbons (Fsp3) is 0.300. The van der Waals surface area contributed by atoms with Gasteiger partial charge in [0.2, 0.25) is 0 Å². The van der Waals surface area contributed by atoms with Crippen LogP contribution in [0.5, 0.6) is 0 Å². The van der Waals surface area contributed by atoms with Crippen molar-refractivity contribution < 1.29 is 18.3 Å². The van der Waals surface area contributed by atoms with E-state index in [1.807, 2.05) is 0 Å². The largest absolute Gasteiger partial charge is 0.414 e. The maximum absolute atomic E-state index is 12.2. The van der Waals surface area contributed by atoms with Gasteiger partial charge in [0.1, 0.15) is 5.65 Å². The highest BCUT2D eigenvalue weighted by Gasteiger charge is 2.38. The highest BCUT2D eigenvalue weighted by Crippen LogP contribution is 2.25. The van der Waals surface area contributed by atoms with E-state index in [0.717, 1.165) is 0 Å². The van der Waals surface area contributed by atoms with Gasteiger partial charge >= 0.3 is 6.18 Å². The van der Waals surface area contributed by atoms with Gasteiger partial charge in [0.05, 0.1) is 0 Å². The van der Waals surface area contributed by atoms with E-state index in [-0.39, 0.29) is 0 Å². The lowest BCUT2D eigenvalue weighted by atomic mass is 10.1. The third-order valence-electron chi connectivity index (χ3n) is 2.33. The third kappa shape index (κ3) is 2.01. The monoisotopic (exact) mass is 230 g/mol. The molecule has 0 aliphatic heterocycles. The Labute approximate surface area is 88.9 Å². The second kappa shape index (κ2) is 3.79. The van der Waals surface area contributed by atoms with Crippen molar-refractivity contribution in [2.45, 2.75) is 18.7 Å². The van der Waals surface area contributed by atoms with Crippen molar-refractivity contribution in [3.8, 4) is 0 Å². The molecule has 0 saturated heterocycles. The van der Waals surface area contributed by atoms with Crippen molar-refractivity contribution >= 4 is 11.0 Å². The van der Waals surface area contributed by atoms with Crippen LogP contribution >= 0.6 is 0 Å². The Hall–Kier alpha value is -1.56. The van der Waals surface area contributed by atoms with E-state index in [0.29, 0.717) is 16.6 Å². The molecule has 2 aromatic rings. The van der Waals surface area contributed by atoms with Crippen molar-refractivity contribution in [2.75, 3.05) is 0 Å². The first-order chi connectivity index (χ1) is 7.48. The standard InChI is InChI=1S/C10H9F3N2O/c11-10(12,13)8(16)4-6-5-15-9-7(6)2-1-3-14-9/h1-3,5,8,16H,4H2,(H,14,15). The molecule has 2 rings (SSSR count). The second-order valence-electron chi connectivity index (χ2n) is 3.48. The summed E-state index contributed by atoms with van der Waals surface area (Å²) in [6.45, 7) is 0. The molecule has 2 heterocycles. The van der Waals surface area contributed by atoms with Gasteiger partial charge in [0, 0.05) is 24.2 Å². The fourth-order valence-corrected chi connectivity index (χ4v) is 1.51. The molecule has 1 unspecified atom stereocenters. The van der Waals surface area contributed by atoms with E-state index in [9.17, 15) is 13.2 Å². The summed E-state index contributed by atoms with van der Waals surface area (Å²) in [5, 5.41) is 9.56. The van der Waals surface area contributed by atoms with Crippen LogP contribution in [0.25, 0.3) is 11.0 Å². The Morgan fingerprint density at radius 2 is 2.19 bits per heavy atom. The van der Waals surface area contributed by atoms with Crippen LogP contribution < -0.4 is 0 Å². The minimum atomic E-state index is -4.59. The summed E-state index contributed by atoms with van der Waals surface area (Å²) < 4.78 is 36.5. The highest BCUT2D eigenvalue weighted by molar-refractivity contribution is 5.79. The fourth-order valence-electron chi connectivity index (χ4n) is 1.51. The zero-order valence-electron chi connectivity index (χ0n) is 8.12. The number of hydrogen-bond donors (Lipinski definition) is 2. The van der Waals surface area contributed by atoms with E-state index < -0.39 is 18.7 Å². The zero-order valence-corrected chi connectivity index (χ0v) is 8.12. The van der Waals surface area contributed by atoms with Gasteiger partial charge in [-0.25, -0.2) is 4.98 Å². The molecule has 16 heavy (non-hydrogen) atoms. The maximum Gasteiger partial charge on any atom is 0.414 e. The molecule has 0 saturated carbocycles. The van der Waals surface area contributed by atoms with E-state index in [2.05, 4.69) is 9.97 Å². The molecular weight excluding hydrogens is 221 g/mol. The predicted molar refractivity (Wildman–Crippen MR) is 51.9 cm³/mol. The van der Waals surface area contributed by atoms with Gasteiger partial charge in [0.25, 0.3) is 0 Å². The van der Waals surface area contributed by atoms with Gasteiger partial charge in [0.15, 0.2) is 6.10 Å². The summed E-state index contributed by atoms with van der Waals surface area (Å²) in [5.41, 5.74) is 0.930. The van der Waals surface area contributed by atoms with Crippen molar-refractivity contribution in [1.82, 2.24) is 9.97 Å². The van der Waals surface area contributed by atoms with Crippen LogP contribution in [-0.2, 0) is 6.42 Å². The Morgan fingerprint density at radius 1 is 1.44 bits per heavy atom. The number of fused-ring (bicyclic) bond motifs is 1. The number of aliphatic hydroxyl groups is 1. The first kappa shape index (κ1) is 10.9. The van der Waals surface area contributed by atoms with Crippen LogP contribution in [0.2, 0.25) is 0 Å². The smallest absolute Gasteiger partial charge is 0.383 e. The molecule has 0 bridgehead atoms. The molecule has 2 aromatic heterocycles. The van der Waals surface area contributed by atoms with Crippen LogP contribution in [0.15, 0.2) is 24.5 Å². The minimum Gasteiger partial charge on any atom is -0.383 e. The highest BCUT2D eigenvalue weighted by atomic mass is 19.4. The number of hydrogen-bond acceptors (Lipinski definition) is 2. The Kier molecular flexibility index (Phi) is 2.59. The van der Waals surface area contributed by atoms with Gasteiger partial charge in [-0.3, -0.25) is 0 Å². The van der Waals surface area contributed by atoms with Crippen molar-refractivity contribution in [3.63, 3.8) is 0 Å². The lowest BCUT2D eigenvalue weighted by molar-refractivity contribution is -0.202. The van der Waals surface area contributed by atoms with Gasteiger partial charge in [-0.05, 0) is 17.7 Å². The average molecular weight is 230 g/mol. The zero-order chi connectivity index (χ0) is 11.8. The molecule has 6 heteroatoms. The molecule has 3 nitrogen and oxygen atoms in total. The molecule has 0 fully saturated rings. The van der Waals surface area contributed by atoms with Crippen molar-refractivity contribution in [3.05, 3.63) is 30.1 Å². The summed E-state index contributed by atoms with van der Waals surface area (Å²) in [7, 11) is 0. The van der Waals surface area contributed by atoms with Crippen molar-refractivity contribution in [1.29, 1.82) is 0 Å². The van der Waals surface area contributed by atoms with E-state index >= 15 is 0 Å². The number of rotatable bonds is 2. The topological polar surface area (TPSA) is 48.9 Å². The molecule has 0 radical (unpaired) electrons. The predicted octanol–water partition coefficient (Wildman–Crippen LogP) is 2.03. The van der Waals surface area contributed by atoms with Crippen LogP contribution in [-0.4, -0.2) is 27.4 Å². The number of halogens is 3. The SMILES string of the molecule is OC(Cc1c[nH]c2ncccc12)C(F)(F)F. The average Bonchev–Trinajstić information content (AvgIpc) is 2.61. The molecule has 0 aliphatic carbocycles. The number of nitrogens with one attached hydrogen (secondary N) is 1. The summed E-state index contributed by atoms with van der Waals surface area (Å²) >= 11 is 0. The van der Waals surface area contributed by atoms with E-state index in [1.165, 1.54) is 6.20 Å². The Morgan fingerprint density at radius 3 is 2.88 bits per heavy atom. The van der Waals surface area contributed by atoms with Crippen LogP contribution in [0.1, 0.15) is 5.56 Å². The van der Waals surface area contributed by atoms with Crippen LogP contribution in [0, 0.1) is 0 Å². The van der Waals surface area contributed by atoms with Gasteiger partial charge in [-0.15, -0.1) is 0 Å². The lowest BCUT2D eigenvalue weighted by Crippen LogP contribution is -2.30.